The Morgan fingerprint density at radius 1 is 1.20 bits per heavy atom. The molecule has 8 nitrogen and oxygen atoms in total. The molecule has 132 valence electrons. The van der Waals surface area contributed by atoms with E-state index in [1.807, 2.05) is 29.2 Å². The quantitative estimate of drug-likeness (QED) is 0.817. The minimum absolute atomic E-state index is 0.0252. The maximum atomic E-state index is 12.7. The van der Waals surface area contributed by atoms with E-state index in [0.29, 0.717) is 42.8 Å². The number of hydrogen-bond acceptors (Lipinski definition) is 7. The molecule has 1 amide bonds. The lowest BCUT2D eigenvalue weighted by Gasteiger charge is -2.36. The number of piperazine rings is 1. The van der Waals surface area contributed by atoms with Crippen LogP contribution in [-0.4, -0.2) is 64.7 Å². The van der Waals surface area contributed by atoms with Gasteiger partial charge in [0.1, 0.15) is 6.61 Å². The van der Waals surface area contributed by atoms with E-state index in [0.717, 1.165) is 13.1 Å². The predicted octanol–water partition coefficient (Wildman–Crippen LogP) is 0.862. The van der Waals surface area contributed by atoms with Gasteiger partial charge in [-0.1, -0.05) is 17.3 Å². The molecule has 0 radical (unpaired) electrons. The summed E-state index contributed by atoms with van der Waals surface area (Å²) in [5.74, 6) is 2.53. The van der Waals surface area contributed by atoms with Crippen LogP contribution in [0.15, 0.2) is 28.8 Å². The molecule has 1 atom stereocenters. The SMILES string of the molecule is Cc1noc(CN2CCN(C(=O)C3COc4ccccc4O3)CC2)n1. The fourth-order valence-electron chi connectivity index (χ4n) is 3.07. The number of aromatic nitrogens is 2. The highest BCUT2D eigenvalue weighted by atomic mass is 16.6. The van der Waals surface area contributed by atoms with E-state index in [1.54, 1.807) is 6.92 Å². The van der Waals surface area contributed by atoms with Gasteiger partial charge in [0.25, 0.3) is 5.91 Å². The predicted molar refractivity (Wildman–Crippen MR) is 87.2 cm³/mol. The molecule has 0 spiro atoms. The zero-order valence-electron chi connectivity index (χ0n) is 14.1. The Kier molecular flexibility index (Phi) is 4.27. The number of amides is 1. The van der Waals surface area contributed by atoms with Gasteiger partial charge in [-0.2, -0.15) is 4.98 Å². The van der Waals surface area contributed by atoms with Crippen molar-refractivity contribution in [2.24, 2.45) is 0 Å². The summed E-state index contributed by atoms with van der Waals surface area (Å²) >= 11 is 0. The largest absolute Gasteiger partial charge is 0.485 e. The number of carbonyl (C=O) groups excluding carboxylic acids is 1. The van der Waals surface area contributed by atoms with Gasteiger partial charge in [0.15, 0.2) is 17.3 Å². The van der Waals surface area contributed by atoms with Crippen LogP contribution in [0.1, 0.15) is 11.7 Å². The summed E-state index contributed by atoms with van der Waals surface area (Å²) < 4.78 is 16.6. The Balaban J connectivity index is 1.31. The number of hydrogen-bond donors (Lipinski definition) is 0. The third-order valence-corrected chi connectivity index (χ3v) is 4.40. The molecular weight excluding hydrogens is 324 g/mol. The minimum Gasteiger partial charge on any atom is -0.485 e. The maximum Gasteiger partial charge on any atom is 0.267 e. The molecule has 2 aliphatic heterocycles. The Morgan fingerprint density at radius 2 is 1.96 bits per heavy atom. The molecule has 0 bridgehead atoms. The van der Waals surface area contributed by atoms with Crippen molar-refractivity contribution in [1.82, 2.24) is 19.9 Å². The number of fused-ring (bicyclic) bond motifs is 1. The molecule has 0 saturated carbocycles. The van der Waals surface area contributed by atoms with Crippen LogP contribution >= 0.6 is 0 Å². The third-order valence-electron chi connectivity index (χ3n) is 4.40. The molecule has 1 unspecified atom stereocenters. The van der Waals surface area contributed by atoms with Crippen LogP contribution in [0.2, 0.25) is 0 Å². The molecular formula is C17H20N4O4. The van der Waals surface area contributed by atoms with Gasteiger partial charge in [-0.3, -0.25) is 9.69 Å². The highest BCUT2D eigenvalue weighted by Crippen LogP contribution is 2.31. The van der Waals surface area contributed by atoms with Crippen molar-refractivity contribution in [1.29, 1.82) is 0 Å². The summed E-state index contributed by atoms with van der Waals surface area (Å²) in [6.45, 7) is 5.47. The van der Waals surface area contributed by atoms with Crippen LogP contribution in [0.25, 0.3) is 0 Å². The van der Waals surface area contributed by atoms with Crippen LogP contribution < -0.4 is 9.47 Å². The zero-order chi connectivity index (χ0) is 17.2. The van der Waals surface area contributed by atoms with Gasteiger partial charge in [-0.15, -0.1) is 0 Å². The van der Waals surface area contributed by atoms with Crippen molar-refractivity contribution >= 4 is 5.91 Å². The fourth-order valence-corrected chi connectivity index (χ4v) is 3.07. The van der Waals surface area contributed by atoms with Crippen LogP contribution in [-0.2, 0) is 11.3 Å². The van der Waals surface area contributed by atoms with E-state index in [1.165, 1.54) is 0 Å². The van der Waals surface area contributed by atoms with Gasteiger partial charge >= 0.3 is 0 Å². The molecule has 0 N–H and O–H groups in total. The monoisotopic (exact) mass is 344 g/mol. The number of ether oxygens (including phenoxy) is 2. The van der Waals surface area contributed by atoms with Crippen molar-refractivity contribution in [3.05, 3.63) is 36.0 Å². The summed E-state index contributed by atoms with van der Waals surface area (Å²) in [6, 6.07) is 7.41. The van der Waals surface area contributed by atoms with E-state index in [4.69, 9.17) is 14.0 Å². The highest BCUT2D eigenvalue weighted by Gasteiger charge is 2.32. The molecule has 8 heteroatoms. The Morgan fingerprint density at radius 3 is 2.68 bits per heavy atom. The Labute approximate surface area is 145 Å². The number of para-hydroxylation sites is 2. The zero-order valence-corrected chi connectivity index (χ0v) is 14.1. The molecule has 4 rings (SSSR count). The van der Waals surface area contributed by atoms with E-state index in [9.17, 15) is 4.79 Å². The van der Waals surface area contributed by atoms with Crippen LogP contribution in [0.4, 0.5) is 0 Å². The number of aryl methyl sites for hydroxylation is 1. The average Bonchev–Trinajstić information content (AvgIpc) is 3.06. The van der Waals surface area contributed by atoms with Crippen LogP contribution in [0.5, 0.6) is 11.5 Å². The van der Waals surface area contributed by atoms with E-state index >= 15 is 0 Å². The molecule has 25 heavy (non-hydrogen) atoms. The number of rotatable bonds is 3. The lowest BCUT2D eigenvalue weighted by molar-refractivity contribution is -0.143. The second-order valence-corrected chi connectivity index (χ2v) is 6.20. The summed E-state index contributed by atoms with van der Waals surface area (Å²) in [6.07, 6.45) is -0.583. The van der Waals surface area contributed by atoms with Gasteiger partial charge in [-0.25, -0.2) is 0 Å². The first-order valence-corrected chi connectivity index (χ1v) is 8.38. The van der Waals surface area contributed by atoms with Crippen LogP contribution in [0.3, 0.4) is 0 Å². The maximum absolute atomic E-state index is 12.7. The Bertz CT molecular complexity index is 755. The lowest BCUT2D eigenvalue weighted by Crippen LogP contribution is -2.53. The van der Waals surface area contributed by atoms with Crippen LogP contribution in [0, 0.1) is 6.92 Å². The standard InChI is InChI=1S/C17H20N4O4/c1-12-18-16(25-19-12)10-20-6-8-21(9-7-20)17(22)15-11-23-13-4-2-3-5-14(13)24-15/h2-5,15H,6-11H2,1H3. The molecule has 1 aromatic heterocycles. The van der Waals surface area contributed by atoms with Gasteiger partial charge in [0.2, 0.25) is 12.0 Å². The van der Waals surface area contributed by atoms with E-state index in [-0.39, 0.29) is 12.5 Å². The smallest absolute Gasteiger partial charge is 0.267 e. The van der Waals surface area contributed by atoms with Crippen molar-refractivity contribution in [2.45, 2.75) is 19.6 Å². The Hall–Kier alpha value is -2.61. The second-order valence-electron chi connectivity index (χ2n) is 6.20. The average molecular weight is 344 g/mol. The van der Waals surface area contributed by atoms with Crippen molar-refractivity contribution in [2.75, 3.05) is 32.8 Å². The number of benzene rings is 1. The molecule has 1 saturated heterocycles. The van der Waals surface area contributed by atoms with Gasteiger partial charge < -0.3 is 18.9 Å². The first-order valence-electron chi connectivity index (χ1n) is 8.38. The lowest BCUT2D eigenvalue weighted by atomic mass is 10.2. The second kappa shape index (κ2) is 6.72. The van der Waals surface area contributed by atoms with E-state index < -0.39 is 6.10 Å². The number of carbonyl (C=O) groups is 1. The van der Waals surface area contributed by atoms with Gasteiger partial charge in [-0.05, 0) is 19.1 Å². The van der Waals surface area contributed by atoms with Gasteiger partial charge in [0.05, 0.1) is 6.54 Å². The molecule has 1 aromatic carbocycles. The highest BCUT2D eigenvalue weighted by molar-refractivity contribution is 5.82. The molecule has 0 aliphatic carbocycles. The van der Waals surface area contributed by atoms with Crippen molar-refractivity contribution in [3.63, 3.8) is 0 Å². The number of nitrogens with zero attached hydrogens (tertiary/aromatic N) is 4. The molecule has 1 fully saturated rings. The summed E-state index contributed by atoms with van der Waals surface area (Å²) in [5, 5.41) is 3.80. The van der Waals surface area contributed by atoms with E-state index in [2.05, 4.69) is 15.0 Å². The van der Waals surface area contributed by atoms with Crippen molar-refractivity contribution < 1.29 is 18.8 Å². The topological polar surface area (TPSA) is 80.9 Å². The molecule has 3 heterocycles. The van der Waals surface area contributed by atoms with Crippen molar-refractivity contribution in [3.8, 4) is 11.5 Å². The van der Waals surface area contributed by atoms with Gasteiger partial charge in [0, 0.05) is 26.2 Å². The first kappa shape index (κ1) is 15.9. The third kappa shape index (κ3) is 3.43. The summed E-state index contributed by atoms with van der Waals surface area (Å²) in [5.41, 5.74) is 0. The fraction of sp³-hybridized carbons (Fsp3) is 0.471. The summed E-state index contributed by atoms with van der Waals surface area (Å²) in [4.78, 5) is 20.9. The summed E-state index contributed by atoms with van der Waals surface area (Å²) in [7, 11) is 0. The molecule has 2 aliphatic rings. The normalized spacial score (nSPS) is 20.5. The first-order chi connectivity index (χ1) is 12.2. The minimum atomic E-state index is -0.583. The molecule has 2 aromatic rings.